The lowest BCUT2D eigenvalue weighted by molar-refractivity contribution is -0.115. The maximum Gasteiger partial charge on any atom is 0.243 e. The molecule has 0 spiro atoms. The van der Waals surface area contributed by atoms with E-state index < -0.39 is 0 Å². The Balaban J connectivity index is 0.00000208. The molecule has 6 heteroatoms. The second kappa shape index (κ2) is 8.51. The van der Waals surface area contributed by atoms with Gasteiger partial charge in [-0.25, -0.2) is 0 Å². The first-order valence-corrected chi connectivity index (χ1v) is 8.52. The molecule has 1 amide bonds. The summed E-state index contributed by atoms with van der Waals surface area (Å²) in [5, 5.41) is 6.41. The number of benzene rings is 2. The summed E-state index contributed by atoms with van der Waals surface area (Å²) in [5.74, 6) is 0.00660. The molecule has 1 heterocycles. The molecule has 2 aromatic rings. The second-order valence-electron chi connectivity index (χ2n) is 5.73. The van der Waals surface area contributed by atoms with Gasteiger partial charge in [-0.1, -0.05) is 34.1 Å². The molecule has 3 rings (SSSR count). The van der Waals surface area contributed by atoms with E-state index in [-0.39, 0.29) is 18.3 Å². The van der Waals surface area contributed by atoms with Crippen molar-refractivity contribution in [2.75, 3.05) is 29.9 Å². The van der Waals surface area contributed by atoms with Gasteiger partial charge in [0, 0.05) is 35.5 Å². The van der Waals surface area contributed by atoms with Crippen molar-refractivity contribution >= 4 is 45.6 Å². The quantitative estimate of drug-likeness (QED) is 0.810. The van der Waals surface area contributed by atoms with Gasteiger partial charge in [-0.15, -0.1) is 12.4 Å². The van der Waals surface area contributed by atoms with Crippen LogP contribution in [0, 0.1) is 6.92 Å². The van der Waals surface area contributed by atoms with Crippen molar-refractivity contribution in [3.8, 4) is 0 Å². The third-order valence-electron chi connectivity index (χ3n) is 4.00. The lowest BCUT2D eigenvalue weighted by atomic mass is 10.1. The number of nitrogens with one attached hydrogen (secondary N) is 2. The molecule has 1 aliphatic heterocycles. The van der Waals surface area contributed by atoms with E-state index in [0.717, 1.165) is 41.0 Å². The Morgan fingerprint density at radius 2 is 2.08 bits per heavy atom. The molecule has 0 aliphatic carbocycles. The molecule has 0 bridgehead atoms. The van der Waals surface area contributed by atoms with Crippen LogP contribution in [0.3, 0.4) is 0 Å². The van der Waals surface area contributed by atoms with Crippen molar-refractivity contribution in [2.45, 2.75) is 13.5 Å². The highest BCUT2D eigenvalue weighted by atomic mass is 79.9. The Kier molecular flexibility index (Phi) is 6.66. The van der Waals surface area contributed by atoms with Crippen LogP contribution in [0.15, 0.2) is 46.9 Å². The lowest BCUT2D eigenvalue weighted by Gasteiger charge is -2.24. The van der Waals surface area contributed by atoms with Crippen LogP contribution in [0.2, 0.25) is 0 Å². The number of aryl methyl sites for hydroxylation is 1. The van der Waals surface area contributed by atoms with E-state index in [9.17, 15) is 4.79 Å². The minimum atomic E-state index is 0. The maximum atomic E-state index is 12.5. The van der Waals surface area contributed by atoms with Gasteiger partial charge in [0.2, 0.25) is 5.91 Å². The number of hydrogen-bond donors (Lipinski definition) is 2. The summed E-state index contributed by atoms with van der Waals surface area (Å²) in [7, 11) is 0. The molecule has 4 nitrogen and oxygen atoms in total. The summed E-state index contributed by atoms with van der Waals surface area (Å²) >= 11 is 3.44. The Bertz CT molecular complexity index is 723. The normalized spacial score (nSPS) is 13.5. The van der Waals surface area contributed by atoms with Crippen LogP contribution in [-0.4, -0.2) is 25.5 Å². The first-order chi connectivity index (χ1) is 11.1. The zero-order valence-electron chi connectivity index (χ0n) is 13.5. The fourth-order valence-electron chi connectivity index (χ4n) is 2.82. The highest BCUT2D eigenvalue weighted by molar-refractivity contribution is 9.10. The van der Waals surface area contributed by atoms with E-state index in [1.807, 2.05) is 37.3 Å². The first-order valence-electron chi connectivity index (χ1n) is 7.73. The third-order valence-corrected chi connectivity index (χ3v) is 4.50. The molecule has 0 radical (unpaired) electrons. The van der Waals surface area contributed by atoms with Crippen molar-refractivity contribution in [1.82, 2.24) is 5.32 Å². The van der Waals surface area contributed by atoms with E-state index in [1.165, 1.54) is 5.56 Å². The smallest absolute Gasteiger partial charge is 0.243 e. The monoisotopic (exact) mass is 409 g/mol. The van der Waals surface area contributed by atoms with Crippen molar-refractivity contribution in [3.63, 3.8) is 0 Å². The number of nitrogens with zero attached hydrogens (tertiary/aromatic N) is 1. The standard InChI is InChI=1S/C18H20BrN3O.ClH/c1-13-10-15(19)6-7-16(13)21-18(23)12-22-9-8-20-11-14-4-2-3-5-17(14)22;/h2-7,10,20H,8-9,11-12H2,1H3,(H,21,23);1H. The van der Waals surface area contributed by atoms with Gasteiger partial charge in [-0.3, -0.25) is 4.79 Å². The van der Waals surface area contributed by atoms with Crippen LogP contribution < -0.4 is 15.5 Å². The molecule has 0 unspecified atom stereocenters. The van der Waals surface area contributed by atoms with Crippen molar-refractivity contribution in [3.05, 3.63) is 58.1 Å². The van der Waals surface area contributed by atoms with Crippen molar-refractivity contribution < 1.29 is 4.79 Å². The highest BCUT2D eigenvalue weighted by Gasteiger charge is 2.17. The Hall–Kier alpha value is -1.56. The van der Waals surface area contributed by atoms with Crippen LogP contribution in [-0.2, 0) is 11.3 Å². The molecule has 0 aromatic heterocycles. The fraction of sp³-hybridized carbons (Fsp3) is 0.278. The average Bonchev–Trinajstić information content (AvgIpc) is 2.73. The molecule has 128 valence electrons. The summed E-state index contributed by atoms with van der Waals surface area (Å²) in [6.45, 7) is 4.89. The number of carbonyl (C=O) groups is 1. The minimum absolute atomic E-state index is 0. The van der Waals surface area contributed by atoms with Crippen LogP contribution in [0.5, 0.6) is 0 Å². The zero-order valence-corrected chi connectivity index (χ0v) is 15.9. The van der Waals surface area contributed by atoms with Crippen molar-refractivity contribution in [1.29, 1.82) is 0 Å². The summed E-state index contributed by atoms with van der Waals surface area (Å²) in [4.78, 5) is 14.6. The van der Waals surface area contributed by atoms with Crippen molar-refractivity contribution in [2.24, 2.45) is 0 Å². The van der Waals surface area contributed by atoms with Gasteiger partial charge in [-0.2, -0.15) is 0 Å². The van der Waals surface area contributed by atoms with Gasteiger partial charge in [-0.05, 0) is 42.3 Å². The van der Waals surface area contributed by atoms with Gasteiger partial charge in [0.1, 0.15) is 0 Å². The summed E-state index contributed by atoms with van der Waals surface area (Å²) < 4.78 is 1.01. The topological polar surface area (TPSA) is 44.4 Å². The zero-order chi connectivity index (χ0) is 16.2. The molecule has 0 saturated carbocycles. The number of rotatable bonds is 3. The largest absolute Gasteiger partial charge is 0.361 e. The van der Waals surface area contributed by atoms with Gasteiger partial charge < -0.3 is 15.5 Å². The third kappa shape index (κ3) is 4.50. The number of fused-ring (bicyclic) bond motifs is 1. The SMILES string of the molecule is Cc1cc(Br)ccc1NC(=O)CN1CCNCc2ccccc21.Cl. The number of para-hydroxylation sites is 1. The highest BCUT2D eigenvalue weighted by Crippen LogP contribution is 2.23. The van der Waals surface area contributed by atoms with Crippen LogP contribution in [0.25, 0.3) is 0 Å². The molecule has 24 heavy (non-hydrogen) atoms. The number of carbonyl (C=O) groups excluding carboxylic acids is 1. The number of amides is 1. The first kappa shape index (κ1) is 18.8. The van der Waals surface area contributed by atoms with Gasteiger partial charge in [0.05, 0.1) is 6.54 Å². The van der Waals surface area contributed by atoms with Crippen LogP contribution in [0.1, 0.15) is 11.1 Å². The van der Waals surface area contributed by atoms with E-state index in [2.05, 4.69) is 43.6 Å². The molecule has 2 N–H and O–H groups in total. The van der Waals surface area contributed by atoms with E-state index in [4.69, 9.17) is 0 Å². The predicted octanol–water partition coefficient (Wildman–Crippen LogP) is 3.73. The average molecular weight is 411 g/mol. The van der Waals surface area contributed by atoms with E-state index in [1.54, 1.807) is 0 Å². The summed E-state index contributed by atoms with van der Waals surface area (Å²) in [6.07, 6.45) is 0. The van der Waals surface area contributed by atoms with Gasteiger partial charge in [0.15, 0.2) is 0 Å². The fourth-order valence-corrected chi connectivity index (χ4v) is 3.30. The number of halogens is 2. The summed E-state index contributed by atoms with van der Waals surface area (Å²) in [6, 6.07) is 14.1. The predicted molar refractivity (Wildman–Crippen MR) is 105 cm³/mol. The molecular formula is C18H21BrClN3O. The summed E-state index contributed by atoms with van der Waals surface area (Å²) in [5.41, 5.74) is 4.28. The lowest BCUT2D eigenvalue weighted by Crippen LogP contribution is -2.36. The van der Waals surface area contributed by atoms with Gasteiger partial charge >= 0.3 is 0 Å². The maximum absolute atomic E-state index is 12.5. The molecular weight excluding hydrogens is 390 g/mol. The van der Waals surface area contributed by atoms with Gasteiger partial charge in [0.25, 0.3) is 0 Å². The van der Waals surface area contributed by atoms with E-state index >= 15 is 0 Å². The number of hydrogen-bond acceptors (Lipinski definition) is 3. The van der Waals surface area contributed by atoms with Crippen LogP contribution in [0.4, 0.5) is 11.4 Å². The molecule has 0 atom stereocenters. The van der Waals surface area contributed by atoms with E-state index in [0.29, 0.717) is 6.54 Å². The minimum Gasteiger partial charge on any atom is -0.361 e. The molecule has 0 saturated heterocycles. The molecule has 1 aliphatic rings. The molecule has 2 aromatic carbocycles. The Morgan fingerprint density at radius 1 is 1.29 bits per heavy atom. The second-order valence-corrected chi connectivity index (χ2v) is 6.65. The molecule has 0 fully saturated rings. The number of anilines is 2. The Labute approximate surface area is 157 Å². The van der Waals surface area contributed by atoms with Crippen LogP contribution >= 0.6 is 28.3 Å². The Morgan fingerprint density at radius 3 is 2.88 bits per heavy atom.